The normalized spacial score (nSPS) is 19.0. The lowest BCUT2D eigenvalue weighted by Gasteiger charge is -2.28. The number of aliphatic hydroxyl groups excluding tert-OH is 1. The molecule has 180 valence electrons. The van der Waals surface area contributed by atoms with E-state index in [2.05, 4.69) is 0 Å². The van der Waals surface area contributed by atoms with Crippen molar-refractivity contribution in [1.29, 1.82) is 0 Å². The predicted octanol–water partition coefficient (Wildman–Crippen LogP) is 2.46. The second-order valence-electron chi connectivity index (χ2n) is 8.24. The van der Waals surface area contributed by atoms with Crippen molar-refractivity contribution in [2.24, 2.45) is 0 Å². The summed E-state index contributed by atoms with van der Waals surface area (Å²) in [6.45, 7) is 1.62. The van der Waals surface area contributed by atoms with Crippen LogP contribution < -0.4 is 18.9 Å². The molecule has 0 spiro atoms. The number of hydrogen-bond acceptors (Lipinski definition) is 8. The highest BCUT2D eigenvalue weighted by atomic mass is 16.6. The number of ketones is 1. The molecule has 0 radical (unpaired) electrons. The van der Waals surface area contributed by atoms with E-state index < -0.39 is 17.7 Å². The van der Waals surface area contributed by atoms with Gasteiger partial charge in [0.1, 0.15) is 19.0 Å². The lowest BCUT2D eigenvalue weighted by molar-refractivity contribution is -0.140. The molecule has 34 heavy (non-hydrogen) atoms. The van der Waals surface area contributed by atoms with E-state index in [0.29, 0.717) is 53.9 Å². The molecule has 0 aliphatic carbocycles. The standard InChI is InChI=1S/C25H28N2O7/c1-26(2)10-11-27-21(16-6-5-7-18(31-3)24(16)32-4)20(23(29)25(27)30)22(28)15-8-9-17-19(14-15)34-13-12-33-17/h5-9,14,21,28H,10-13H2,1-4H3/b22-20+/t21-/m0/s1. The number of hydrogen-bond donors (Lipinski definition) is 1. The third-order valence-corrected chi connectivity index (χ3v) is 5.87. The molecule has 9 nitrogen and oxygen atoms in total. The number of fused-ring (bicyclic) bond motifs is 1. The van der Waals surface area contributed by atoms with E-state index in [1.54, 1.807) is 36.4 Å². The number of ether oxygens (including phenoxy) is 4. The number of likely N-dealkylation sites (tertiary alicyclic amines) is 1. The third kappa shape index (κ3) is 4.14. The maximum absolute atomic E-state index is 13.3. The van der Waals surface area contributed by atoms with Crippen molar-refractivity contribution in [2.75, 3.05) is 54.6 Å². The quantitative estimate of drug-likeness (QED) is 0.376. The summed E-state index contributed by atoms with van der Waals surface area (Å²) in [5.41, 5.74) is 0.868. The minimum absolute atomic E-state index is 0.0213. The molecule has 2 aromatic rings. The number of rotatable bonds is 7. The summed E-state index contributed by atoms with van der Waals surface area (Å²) in [7, 11) is 6.77. The van der Waals surface area contributed by atoms with Crippen LogP contribution in [0.4, 0.5) is 0 Å². The van der Waals surface area contributed by atoms with Crippen LogP contribution in [-0.4, -0.2) is 81.2 Å². The molecule has 1 N–H and O–H groups in total. The fourth-order valence-electron chi connectivity index (χ4n) is 4.22. The number of methoxy groups -OCH3 is 2. The van der Waals surface area contributed by atoms with Crippen LogP contribution in [0.1, 0.15) is 17.2 Å². The molecule has 1 atom stereocenters. The van der Waals surface area contributed by atoms with Gasteiger partial charge in [0.15, 0.2) is 23.0 Å². The van der Waals surface area contributed by atoms with Crippen molar-refractivity contribution >= 4 is 17.4 Å². The van der Waals surface area contributed by atoms with E-state index in [4.69, 9.17) is 18.9 Å². The topological polar surface area (TPSA) is 97.8 Å². The highest BCUT2D eigenvalue weighted by Crippen LogP contribution is 2.46. The van der Waals surface area contributed by atoms with Crippen LogP contribution in [0.3, 0.4) is 0 Å². The molecule has 2 aliphatic heterocycles. The van der Waals surface area contributed by atoms with Crippen LogP contribution in [0.15, 0.2) is 42.0 Å². The molecule has 0 saturated carbocycles. The fraction of sp³-hybridized carbons (Fsp3) is 0.360. The highest BCUT2D eigenvalue weighted by Gasteiger charge is 2.47. The largest absolute Gasteiger partial charge is 0.507 e. The van der Waals surface area contributed by atoms with Gasteiger partial charge in [0, 0.05) is 24.2 Å². The lowest BCUT2D eigenvalue weighted by atomic mass is 9.94. The van der Waals surface area contributed by atoms with Crippen LogP contribution in [0.2, 0.25) is 0 Å². The number of aliphatic hydroxyl groups is 1. The Morgan fingerprint density at radius 1 is 1.09 bits per heavy atom. The Labute approximate surface area is 198 Å². The number of para-hydroxylation sites is 1. The molecule has 1 saturated heterocycles. The average molecular weight is 469 g/mol. The van der Waals surface area contributed by atoms with Crippen molar-refractivity contribution in [3.8, 4) is 23.0 Å². The van der Waals surface area contributed by atoms with E-state index >= 15 is 0 Å². The van der Waals surface area contributed by atoms with E-state index in [1.165, 1.54) is 19.1 Å². The minimum Gasteiger partial charge on any atom is -0.507 e. The molecule has 2 aliphatic rings. The van der Waals surface area contributed by atoms with Gasteiger partial charge in [-0.25, -0.2) is 0 Å². The first-order valence-corrected chi connectivity index (χ1v) is 10.9. The summed E-state index contributed by atoms with van der Waals surface area (Å²) >= 11 is 0. The molecule has 1 amide bonds. The van der Waals surface area contributed by atoms with Gasteiger partial charge in [-0.15, -0.1) is 0 Å². The van der Waals surface area contributed by atoms with Gasteiger partial charge in [0.25, 0.3) is 11.7 Å². The van der Waals surface area contributed by atoms with Gasteiger partial charge in [-0.05, 0) is 38.4 Å². The Hall–Kier alpha value is -3.72. The Kier molecular flexibility index (Phi) is 6.65. The van der Waals surface area contributed by atoms with Crippen LogP contribution >= 0.6 is 0 Å². The van der Waals surface area contributed by atoms with Gasteiger partial charge in [0.2, 0.25) is 0 Å². The predicted molar refractivity (Wildman–Crippen MR) is 125 cm³/mol. The number of likely N-dealkylation sites (N-methyl/N-ethyl adjacent to an activating group) is 1. The Balaban J connectivity index is 1.89. The van der Waals surface area contributed by atoms with Gasteiger partial charge < -0.3 is 33.9 Å². The lowest BCUT2D eigenvalue weighted by Crippen LogP contribution is -2.35. The molecule has 1 fully saturated rings. The minimum atomic E-state index is -0.863. The number of amides is 1. The van der Waals surface area contributed by atoms with Gasteiger partial charge in [-0.2, -0.15) is 0 Å². The summed E-state index contributed by atoms with van der Waals surface area (Å²) in [5.74, 6) is 0.125. The average Bonchev–Trinajstić information content (AvgIpc) is 3.10. The summed E-state index contributed by atoms with van der Waals surface area (Å²) in [4.78, 5) is 29.8. The molecule has 2 heterocycles. The summed E-state index contributed by atoms with van der Waals surface area (Å²) in [6, 6.07) is 9.30. The molecule has 9 heteroatoms. The van der Waals surface area contributed by atoms with Crippen molar-refractivity contribution in [2.45, 2.75) is 6.04 Å². The SMILES string of the molecule is COc1cccc([C@H]2/C(=C(\O)c3ccc4c(c3)OCCO4)C(=O)C(=O)N2CCN(C)C)c1OC. The Morgan fingerprint density at radius 2 is 1.82 bits per heavy atom. The summed E-state index contributed by atoms with van der Waals surface area (Å²) in [5, 5.41) is 11.3. The van der Waals surface area contributed by atoms with Crippen molar-refractivity contribution in [1.82, 2.24) is 9.80 Å². The third-order valence-electron chi connectivity index (χ3n) is 5.87. The first kappa shape index (κ1) is 23.4. The molecule has 0 aromatic heterocycles. The maximum Gasteiger partial charge on any atom is 0.295 e. The molecule has 2 aromatic carbocycles. The van der Waals surface area contributed by atoms with Gasteiger partial charge in [-0.3, -0.25) is 9.59 Å². The van der Waals surface area contributed by atoms with Crippen LogP contribution in [0.25, 0.3) is 5.76 Å². The van der Waals surface area contributed by atoms with Crippen molar-refractivity contribution in [3.63, 3.8) is 0 Å². The zero-order valence-electron chi connectivity index (χ0n) is 19.7. The number of benzene rings is 2. The number of carbonyl (C=O) groups excluding carboxylic acids is 2. The van der Waals surface area contributed by atoms with E-state index in [-0.39, 0.29) is 17.9 Å². The summed E-state index contributed by atoms with van der Waals surface area (Å²) in [6.07, 6.45) is 0. The second kappa shape index (κ2) is 9.64. The van der Waals surface area contributed by atoms with Crippen molar-refractivity contribution < 1.29 is 33.6 Å². The van der Waals surface area contributed by atoms with Crippen LogP contribution in [0, 0.1) is 0 Å². The zero-order valence-corrected chi connectivity index (χ0v) is 19.7. The second-order valence-corrected chi connectivity index (χ2v) is 8.24. The highest BCUT2D eigenvalue weighted by molar-refractivity contribution is 6.46. The molecule has 4 rings (SSSR count). The first-order chi connectivity index (χ1) is 16.4. The van der Waals surface area contributed by atoms with Gasteiger partial charge in [-0.1, -0.05) is 12.1 Å². The van der Waals surface area contributed by atoms with Crippen LogP contribution in [-0.2, 0) is 9.59 Å². The number of carbonyl (C=O) groups is 2. The molecule has 0 bridgehead atoms. The summed E-state index contributed by atoms with van der Waals surface area (Å²) < 4.78 is 22.2. The Bertz CT molecular complexity index is 1140. The smallest absolute Gasteiger partial charge is 0.295 e. The number of nitrogens with zero attached hydrogens (tertiary/aromatic N) is 2. The molecule has 0 unspecified atom stereocenters. The monoisotopic (exact) mass is 468 g/mol. The molecular weight excluding hydrogens is 440 g/mol. The van der Waals surface area contributed by atoms with E-state index in [0.717, 1.165) is 0 Å². The van der Waals surface area contributed by atoms with E-state index in [9.17, 15) is 14.7 Å². The van der Waals surface area contributed by atoms with Gasteiger partial charge >= 0.3 is 0 Å². The van der Waals surface area contributed by atoms with E-state index in [1.807, 2.05) is 19.0 Å². The maximum atomic E-state index is 13.3. The zero-order chi connectivity index (χ0) is 24.4. The molecular formula is C25H28N2O7. The van der Waals surface area contributed by atoms with Crippen molar-refractivity contribution in [3.05, 3.63) is 53.1 Å². The Morgan fingerprint density at radius 3 is 2.50 bits per heavy atom. The van der Waals surface area contributed by atoms with Gasteiger partial charge in [0.05, 0.1) is 25.8 Å². The number of Topliss-reactive ketones (excluding diaryl/α,β-unsaturated/α-hetero) is 1. The fourth-order valence-corrected chi connectivity index (χ4v) is 4.22. The van der Waals surface area contributed by atoms with Crippen LogP contribution in [0.5, 0.6) is 23.0 Å². The first-order valence-electron chi connectivity index (χ1n) is 10.9.